The number of aryl methyl sites for hydroxylation is 6. The van der Waals surface area contributed by atoms with Gasteiger partial charge in [0, 0.05) is 56.4 Å². The molecule has 376 valence electrons. The predicted molar refractivity (Wildman–Crippen MR) is 271 cm³/mol. The zero-order valence-electron chi connectivity index (χ0n) is 41.6. The molecule has 72 heavy (non-hydrogen) atoms. The summed E-state index contributed by atoms with van der Waals surface area (Å²) in [6.45, 7) is 8.94. The van der Waals surface area contributed by atoms with E-state index in [0.717, 1.165) is 71.4 Å². The van der Waals surface area contributed by atoms with Gasteiger partial charge < -0.3 is 21.7 Å². The van der Waals surface area contributed by atoms with E-state index in [0.29, 0.717) is 50.1 Å². The van der Waals surface area contributed by atoms with Crippen LogP contribution in [0.15, 0.2) is 153 Å². The molecule has 18 nitrogen and oxygen atoms in total. The second-order valence-electron chi connectivity index (χ2n) is 18.2. The summed E-state index contributed by atoms with van der Waals surface area (Å²) >= 11 is 0. The Morgan fingerprint density at radius 2 is 0.972 bits per heavy atom. The number of guanidine groups is 1. The number of amides is 5. The summed E-state index contributed by atoms with van der Waals surface area (Å²) in [6, 6.07) is 23.2. The highest BCUT2D eigenvalue weighted by Gasteiger charge is 2.13. The van der Waals surface area contributed by atoms with Crippen molar-refractivity contribution in [3.8, 4) is 0 Å². The number of hydrogen-bond donors (Lipinski definition) is 5. The Morgan fingerprint density at radius 1 is 0.528 bits per heavy atom. The molecule has 6 N–H and O–H groups in total. The maximum Gasteiger partial charge on any atom is 0.344 e. The number of ketones is 1. The Labute approximate surface area is 421 Å². The molecule has 0 unspecified atom stereocenters. The molecule has 0 bridgehead atoms. The first kappa shape index (κ1) is 51.7. The number of nitrogens with zero attached hydrogens (tertiary/aromatic N) is 9. The summed E-state index contributed by atoms with van der Waals surface area (Å²) in [5, 5.41) is 10.8. The molecule has 0 atom stereocenters. The number of unbranched alkanes of at least 4 members (excludes halogenated alkanes) is 1. The lowest BCUT2D eigenvalue weighted by Gasteiger charge is -2.06. The highest BCUT2D eigenvalue weighted by molar-refractivity contribution is 6.00. The van der Waals surface area contributed by atoms with Gasteiger partial charge in [-0.15, -0.1) is 0 Å². The van der Waals surface area contributed by atoms with Gasteiger partial charge in [-0.3, -0.25) is 14.9 Å². The molecule has 0 aliphatic rings. The van der Waals surface area contributed by atoms with E-state index in [2.05, 4.69) is 140 Å². The fourth-order valence-corrected chi connectivity index (χ4v) is 8.25. The second kappa shape index (κ2) is 26.7. The van der Waals surface area contributed by atoms with Crippen molar-refractivity contribution < 1.29 is 37.4 Å². The van der Waals surface area contributed by atoms with Gasteiger partial charge in [0.25, 0.3) is 5.91 Å². The van der Waals surface area contributed by atoms with E-state index in [1.54, 1.807) is 24.3 Å². The van der Waals surface area contributed by atoms with Crippen LogP contribution in [0.5, 0.6) is 0 Å². The Hall–Kier alpha value is -8.15. The topological polar surface area (TPSA) is 190 Å². The van der Waals surface area contributed by atoms with Gasteiger partial charge in [0.1, 0.15) is 69.2 Å². The molecule has 4 heterocycles. The molecule has 0 saturated carbocycles. The fraction of sp³-hybridized carbons (Fsp3) is 0.352. The van der Waals surface area contributed by atoms with E-state index in [1.807, 2.05) is 59.8 Å². The van der Waals surface area contributed by atoms with E-state index < -0.39 is 12.1 Å². The maximum atomic E-state index is 12.9. The van der Waals surface area contributed by atoms with Gasteiger partial charge in [0.05, 0.1) is 33.2 Å². The Bertz CT molecular complexity index is 2860. The standard InChI is InChI=1S/C54H67N14O4/c1-3-44-10-12-45(13-11-44)37-66-34-31-63(41-66)25-5-4-9-50(69)48-18-20-49(21-19-48)51(70)56-22-6-27-64-32-35-67(42-64)38-46-14-16-47(17-15-46)39-68-36-33-65(43-68)28-8-24-58-54(72)60-52(55)59-53(71)57-23-7-26-62-30-29-61(2)40-62/h10-21,29-36,40-43H,3-9,22-28,37-39H2,1-2H3,(H3-3,55,56,57,58,59,60,70,71,72)/q+1/p+3. The zero-order valence-corrected chi connectivity index (χ0v) is 41.6. The van der Waals surface area contributed by atoms with Crippen molar-refractivity contribution in [1.29, 1.82) is 0 Å². The number of carbonyl (C=O) groups is 4. The van der Waals surface area contributed by atoms with Crippen molar-refractivity contribution in [2.24, 2.45) is 17.8 Å². The molecule has 0 aliphatic heterocycles. The van der Waals surface area contributed by atoms with Gasteiger partial charge in [0.15, 0.2) is 5.78 Å². The number of hydrogen-bond acceptors (Lipinski definition) is 4. The lowest BCUT2D eigenvalue weighted by atomic mass is 10.0. The van der Waals surface area contributed by atoms with E-state index in [9.17, 15) is 19.2 Å². The third-order valence-electron chi connectivity index (χ3n) is 12.2. The smallest absolute Gasteiger partial charge is 0.344 e. The number of urea groups is 2. The summed E-state index contributed by atoms with van der Waals surface area (Å²) < 4.78 is 16.8. The van der Waals surface area contributed by atoms with Crippen LogP contribution in [0.1, 0.15) is 88.4 Å². The molecule has 18 heteroatoms. The van der Waals surface area contributed by atoms with Gasteiger partial charge in [-0.25, -0.2) is 46.1 Å². The molecule has 7 aromatic rings. The van der Waals surface area contributed by atoms with E-state index in [1.165, 1.54) is 22.3 Å². The largest absolute Gasteiger partial charge is 0.369 e. The second-order valence-corrected chi connectivity index (χ2v) is 18.2. The van der Waals surface area contributed by atoms with Crippen molar-refractivity contribution in [1.82, 2.24) is 39.5 Å². The van der Waals surface area contributed by atoms with Crippen molar-refractivity contribution >= 4 is 29.7 Å². The molecule has 0 radical (unpaired) electrons. The molecule has 4 aromatic heterocycles. The molecule has 3 aromatic carbocycles. The number of Topliss-reactive ketones (excluding diaryl/α,β-unsaturated/α-hetero) is 1. The number of benzene rings is 3. The first-order chi connectivity index (χ1) is 35.0. The molecule has 7 rings (SSSR count). The van der Waals surface area contributed by atoms with Crippen LogP contribution in [-0.4, -0.2) is 67.6 Å². The number of aliphatic imine (C=N–C) groups is 1. The van der Waals surface area contributed by atoms with E-state index in [-0.39, 0.29) is 17.6 Å². The maximum absolute atomic E-state index is 12.9. The SMILES string of the molecule is CCc1ccc(C[n+]2ccn(CCCCC(=O)c3ccc(C(=O)NCCCn4cc[n+](Cc5ccc(C[n+]6ccn(CCCNC(=O)NC(N)=NC(=O)NCCCn7cc[n+](C)c7)c6)cc5)c4)cc3)c2)cc1. The Morgan fingerprint density at radius 3 is 1.47 bits per heavy atom. The number of nitrogens with two attached hydrogens (primary N) is 1. The predicted octanol–water partition coefficient (Wildman–Crippen LogP) is 3.96. The van der Waals surface area contributed by atoms with Gasteiger partial charge >= 0.3 is 12.1 Å². The summed E-state index contributed by atoms with van der Waals surface area (Å²) in [6.07, 6.45) is 29.8. The molecular formula is C54H70N14O4+4. The summed E-state index contributed by atoms with van der Waals surface area (Å²) in [4.78, 5) is 53.7. The number of aromatic nitrogens is 8. The molecule has 0 fully saturated rings. The van der Waals surface area contributed by atoms with E-state index in [4.69, 9.17) is 5.73 Å². The molecule has 5 amide bonds. The minimum absolute atomic E-state index is 0.0954. The molecule has 0 spiro atoms. The molecule has 0 saturated heterocycles. The van der Waals surface area contributed by atoms with Crippen LogP contribution in [0.25, 0.3) is 0 Å². The minimum Gasteiger partial charge on any atom is -0.369 e. The first-order valence-corrected chi connectivity index (χ1v) is 24.9. The van der Waals surface area contributed by atoms with Crippen molar-refractivity contribution in [3.63, 3.8) is 0 Å². The summed E-state index contributed by atoms with van der Waals surface area (Å²) in [7, 11) is 1.95. The van der Waals surface area contributed by atoms with Gasteiger partial charge in [-0.2, -0.15) is 4.99 Å². The van der Waals surface area contributed by atoms with Crippen LogP contribution in [-0.2, 0) is 59.3 Å². The highest BCUT2D eigenvalue weighted by atomic mass is 16.2. The van der Waals surface area contributed by atoms with Crippen molar-refractivity contribution in [2.75, 3.05) is 19.6 Å². The summed E-state index contributed by atoms with van der Waals surface area (Å²) in [5.41, 5.74) is 11.9. The summed E-state index contributed by atoms with van der Waals surface area (Å²) in [5.74, 6) is -0.321. The quantitative estimate of drug-likeness (QED) is 0.0180. The molecule has 0 aliphatic carbocycles. The third kappa shape index (κ3) is 17.1. The van der Waals surface area contributed by atoms with Crippen molar-refractivity contribution in [3.05, 3.63) is 181 Å². The Kier molecular flexibility index (Phi) is 19.2. The monoisotopic (exact) mass is 979 g/mol. The number of imidazole rings is 4. The highest BCUT2D eigenvalue weighted by Crippen LogP contribution is 2.11. The number of nitrogens with one attached hydrogen (secondary N) is 4. The average Bonchev–Trinajstić information content (AvgIpc) is 4.22. The normalized spacial score (nSPS) is 11.4. The third-order valence-corrected chi connectivity index (χ3v) is 12.2. The van der Waals surface area contributed by atoms with E-state index >= 15 is 0 Å². The van der Waals surface area contributed by atoms with Crippen LogP contribution in [0.4, 0.5) is 9.59 Å². The molecular weight excluding hydrogens is 909 g/mol. The lowest BCUT2D eigenvalue weighted by Crippen LogP contribution is -2.44. The van der Waals surface area contributed by atoms with Crippen LogP contribution in [0.3, 0.4) is 0 Å². The van der Waals surface area contributed by atoms with Crippen LogP contribution < -0.4 is 45.3 Å². The number of rotatable bonds is 26. The zero-order chi connectivity index (χ0) is 50.5. The number of carbonyl (C=O) groups excluding carboxylic acids is 4. The van der Waals surface area contributed by atoms with Crippen LogP contribution >= 0.6 is 0 Å². The van der Waals surface area contributed by atoms with Crippen LogP contribution in [0.2, 0.25) is 0 Å². The Balaban J connectivity index is 0.717. The first-order valence-electron chi connectivity index (χ1n) is 24.9. The van der Waals surface area contributed by atoms with Gasteiger partial charge in [-0.05, 0) is 53.6 Å². The van der Waals surface area contributed by atoms with Crippen LogP contribution in [0, 0.1) is 0 Å². The fourth-order valence-electron chi connectivity index (χ4n) is 8.25. The van der Waals surface area contributed by atoms with Gasteiger partial charge in [0.2, 0.25) is 31.3 Å². The minimum atomic E-state index is -0.609. The average molecular weight is 979 g/mol. The van der Waals surface area contributed by atoms with Crippen molar-refractivity contribution in [2.45, 2.75) is 97.7 Å². The van der Waals surface area contributed by atoms with Gasteiger partial charge in [-0.1, -0.05) is 67.6 Å². The lowest BCUT2D eigenvalue weighted by molar-refractivity contribution is -0.688.